The van der Waals surface area contributed by atoms with Crippen LogP contribution in [0.4, 0.5) is 0 Å². The Morgan fingerprint density at radius 3 is 2.48 bits per heavy atom. The van der Waals surface area contributed by atoms with Crippen LogP contribution in [0.1, 0.15) is 29.6 Å². The molecule has 0 unspecified atom stereocenters. The molecule has 8 heteroatoms. The summed E-state index contributed by atoms with van der Waals surface area (Å²) in [6.45, 7) is -0.179. The number of carbonyl (C=O) groups is 3. The summed E-state index contributed by atoms with van der Waals surface area (Å²) in [5, 5.41) is 14.2. The van der Waals surface area contributed by atoms with E-state index in [1.807, 2.05) is 0 Å². The molecule has 2 rings (SSSR count). The number of rotatable bonds is 7. The summed E-state index contributed by atoms with van der Waals surface area (Å²) in [5.41, 5.74) is 0.345. The smallest absolute Gasteiger partial charge is 0.306 e. The standard InChI is InChI=1S/C17H22N2O6/c1-24-13-6-4-10(8-14(13)25-2)16(21)18-9-15(20)19-12-5-3-11(7-12)17(22)23/h4,6,8,11-12H,3,5,7,9H2,1-2H3,(H,18,21)(H,19,20)(H,22,23)/t11-,12+/m1/s1. The summed E-state index contributed by atoms with van der Waals surface area (Å²) in [5.74, 6) is -1.07. The molecule has 1 fully saturated rings. The molecule has 1 aromatic carbocycles. The molecule has 0 heterocycles. The fourth-order valence-corrected chi connectivity index (χ4v) is 2.86. The molecule has 2 amide bonds. The monoisotopic (exact) mass is 350 g/mol. The summed E-state index contributed by atoms with van der Waals surface area (Å²) in [6.07, 6.45) is 1.61. The van der Waals surface area contributed by atoms with E-state index in [1.165, 1.54) is 20.3 Å². The lowest BCUT2D eigenvalue weighted by molar-refractivity contribution is -0.141. The molecule has 1 aliphatic rings. The van der Waals surface area contributed by atoms with Crippen molar-refractivity contribution < 1.29 is 29.0 Å². The van der Waals surface area contributed by atoms with Crippen LogP contribution in [0.5, 0.6) is 11.5 Å². The van der Waals surface area contributed by atoms with Gasteiger partial charge in [-0.1, -0.05) is 0 Å². The van der Waals surface area contributed by atoms with Crippen molar-refractivity contribution in [2.75, 3.05) is 20.8 Å². The summed E-state index contributed by atoms with van der Waals surface area (Å²) in [6, 6.07) is 4.55. The van der Waals surface area contributed by atoms with Crippen LogP contribution < -0.4 is 20.1 Å². The predicted molar refractivity (Wildman–Crippen MR) is 88.8 cm³/mol. The van der Waals surface area contributed by atoms with Gasteiger partial charge in [-0.05, 0) is 37.5 Å². The Balaban J connectivity index is 1.83. The number of aliphatic carboxylic acids is 1. The maximum absolute atomic E-state index is 12.1. The Bertz CT molecular complexity index is 661. The van der Waals surface area contributed by atoms with Crippen LogP contribution >= 0.6 is 0 Å². The Hall–Kier alpha value is -2.77. The zero-order valence-corrected chi connectivity index (χ0v) is 14.2. The van der Waals surface area contributed by atoms with Crippen LogP contribution in [0.2, 0.25) is 0 Å². The molecule has 0 aliphatic heterocycles. The van der Waals surface area contributed by atoms with Crippen LogP contribution in [0.3, 0.4) is 0 Å². The summed E-state index contributed by atoms with van der Waals surface area (Å²) in [7, 11) is 2.97. The van der Waals surface area contributed by atoms with E-state index in [4.69, 9.17) is 14.6 Å². The van der Waals surface area contributed by atoms with Gasteiger partial charge < -0.3 is 25.2 Å². The Labute approximate surface area is 145 Å². The fourth-order valence-electron chi connectivity index (χ4n) is 2.86. The van der Waals surface area contributed by atoms with Crippen LogP contribution in [-0.4, -0.2) is 49.7 Å². The van der Waals surface area contributed by atoms with Gasteiger partial charge in [-0.3, -0.25) is 14.4 Å². The number of hydrogen-bond donors (Lipinski definition) is 3. The molecule has 0 aromatic heterocycles. The van der Waals surface area contributed by atoms with Crippen molar-refractivity contribution in [1.29, 1.82) is 0 Å². The topological polar surface area (TPSA) is 114 Å². The number of amides is 2. The number of methoxy groups -OCH3 is 2. The average Bonchev–Trinajstić information content (AvgIpc) is 3.07. The van der Waals surface area contributed by atoms with Crippen LogP contribution in [0.15, 0.2) is 18.2 Å². The molecule has 0 radical (unpaired) electrons. The molecule has 0 spiro atoms. The normalized spacial score (nSPS) is 19.1. The molecular formula is C17H22N2O6. The zero-order chi connectivity index (χ0) is 18.4. The lowest BCUT2D eigenvalue weighted by Gasteiger charge is -2.13. The van der Waals surface area contributed by atoms with E-state index in [0.29, 0.717) is 36.3 Å². The van der Waals surface area contributed by atoms with Crippen molar-refractivity contribution >= 4 is 17.8 Å². The van der Waals surface area contributed by atoms with Crippen molar-refractivity contribution in [3.8, 4) is 11.5 Å². The van der Waals surface area contributed by atoms with Gasteiger partial charge >= 0.3 is 5.97 Å². The molecule has 136 valence electrons. The largest absolute Gasteiger partial charge is 0.493 e. The van der Waals surface area contributed by atoms with E-state index in [-0.39, 0.29) is 18.5 Å². The average molecular weight is 350 g/mol. The van der Waals surface area contributed by atoms with Crippen molar-refractivity contribution in [2.45, 2.75) is 25.3 Å². The minimum atomic E-state index is -0.835. The number of nitrogens with one attached hydrogen (secondary N) is 2. The maximum atomic E-state index is 12.1. The van der Waals surface area contributed by atoms with E-state index in [9.17, 15) is 14.4 Å². The first-order chi connectivity index (χ1) is 11.9. The second-order valence-electron chi connectivity index (χ2n) is 5.87. The first-order valence-electron chi connectivity index (χ1n) is 7.97. The Kier molecular flexibility index (Phi) is 6.21. The van der Waals surface area contributed by atoms with E-state index >= 15 is 0 Å². The summed E-state index contributed by atoms with van der Waals surface area (Å²) >= 11 is 0. The maximum Gasteiger partial charge on any atom is 0.306 e. The van der Waals surface area contributed by atoms with Gasteiger partial charge in [0.05, 0.1) is 26.7 Å². The highest BCUT2D eigenvalue weighted by molar-refractivity contribution is 5.97. The van der Waals surface area contributed by atoms with Crippen molar-refractivity contribution in [3.05, 3.63) is 23.8 Å². The third-order valence-corrected chi connectivity index (χ3v) is 4.20. The van der Waals surface area contributed by atoms with Gasteiger partial charge in [0.15, 0.2) is 11.5 Å². The number of hydrogen-bond acceptors (Lipinski definition) is 5. The van der Waals surface area contributed by atoms with E-state index in [1.54, 1.807) is 12.1 Å². The molecule has 1 saturated carbocycles. The van der Waals surface area contributed by atoms with Crippen LogP contribution in [0, 0.1) is 5.92 Å². The van der Waals surface area contributed by atoms with Crippen LogP contribution in [0.25, 0.3) is 0 Å². The fraction of sp³-hybridized carbons (Fsp3) is 0.471. The van der Waals surface area contributed by atoms with E-state index < -0.39 is 17.8 Å². The number of carboxylic acid groups (broad SMARTS) is 1. The van der Waals surface area contributed by atoms with Crippen molar-refractivity contribution in [3.63, 3.8) is 0 Å². The molecule has 2 atom stereocenters. The van der Waals surface area contributed by atoms with Gasteiger partial charge in [0.1, 0.15) is 0 Å². The zero-order valence-electron chi connectivity index (χ0n) is 14.2. The van der Waals surface area contributed by atoms with E-state index in [0.717, 1.165) is 0 Å². The Morgan fingerprint density at radius 1 is 1.16 bits per heavy atom. The number of carboxylic acids is 1. The van der Waals surface area contributed by atoms with Gasteiger partial charge in [-0.2, -0.15) is 0 Å². The van der Waals surface area contributed by atoms with Gasteiger partial charge in [-0.15, -0.1) is 0 Å². The molecule has 8 nitrogen and oxygen atoms in total. The first-order valence-corrected chi connectivity index (χ1v) is 7.97. The van der Waals surface area contributed by atoms with Gasteiger partial charge in [0, 0.05) is 11.6 Å². The Morgan fingerprint density at radius 2 is 1.88 bits per heavy atom. The molecule has 25 heavy (non-hydrogen) atoms. The van der Waals surface area contributed by atoms with Gasteiger partial charge in [0.2, 0.25) is 5.91 Å². The highest BCUT2D eigenvalue weighted by Crippen LogP contribution is 2.27. The number of carbonyl (C=O) groups excluding carboxylic acids is 2. The van der Waals surface area contributed by atoms with Gasteiger partial charge in [-0.25, -0.2) is 0 Å². The minimum absolute atomic E-state index is 0.161. The SMILES string of the molecule is COc1ccc(C(=O)NCC(=O)N[C@H]2CC[C@@H](C(=O)O)C2)cc1OC. The van der Waals surface area contributed by atoms with Gasteiger partial charge in [0.25, 0.3) is 5.91 Å². The lowest BCUT2D eigenvalue weighted by Crippen LogP contribution is -2.41. The minimum Gasteiger partial charge on any atom is -0.493 e. The quantitative estimate of drug-likeness (QED) is 0.670. The first kappa shape index (κ1) is 18.6. The molecule has 1 aliphatic carbocycles. The summed E-state index contributed by atoms with van der Waals surface area (Å²) in [4.78, 5) is 35.0. The highest BCUT2D eigenvalue weighted by atomic mass is 16.5. The van der Waals surface area contributed by atoms with E-state index in [2.05, 4.69) is 10.6 Å². The second-order valence-corrected chi connectivity index (χ2v) is 5.87. The molecular weight excluding hydrogens is 328 g/mol. The number of benzene rings is 1. The summed E-state index contributed by atoms with van der Waals surface area (Å²) < 4.78 is 10.2. The molecule has 0 bridgehead atoms. The van der Waals surface area contributed by atoms with Crippen molar-refractivity contribution in [2.24, 2.45) is 5.92 Å². The molecule has 0 saturated heterocycles. The van der Waals surface area contributed by atoms with Crippen molar-refractivity contribution in [1.82, 2.24) is 10.6 Å². The lowest BCUT2D eigenvalue weighted by atomic mass is 10.1. The molecule has 1 aromatic rings. The van der Waals surface area contributed by atoms with Crippen LogP contribution in [-0.2, 0) is 9.59 Å². The second kappa shape index (κ2) is 8.36. The number of ether oxygens (including phenoxy) is 2. The molecule has 3 N–H and O–H groups in total. The highest BCUT2D eigenvalue weighted by Gasteiger charge is 2.30. The predicted octanol–water partition coefficient (Wildman–Crippen LogP) is 0.803. The third-order valence-electron chi connectivity index (χ3n) is 4.20. The third kappa shape index (κ3) is 4.85.